The molecule has 10 nitrogen and oxygen atoms in total. The van der Waals surface area contributed by atoms with E-state index in [1.54, 1.807) is 60.7 Å². The maximum Gasteiger partial charge on any atom is 0.338 e. The van der Waals surface area contributed by atoms with Gasteiger partial charge in [0.2, 0.25) is 0 Å². The van der Waals surface area contributed by atoms with Gasteiger partial charge in [-0.3, -0.25) is 9.59 Å². The predicted octanol–water partition coefficient (Wildman–Crippen LogP) is 4.13. The van der Waals surface area contributed by atoms with Crippen LogP contribution in [-0.4, -0.2) is 71.7 Å². The largest absolute Gasteiger partial charge is 0.465 e. The SMILES string of the molecule is CC(=O)OCC1C(O)CC(C)C23OC(C)(C)C(CC(OC(=O)c4ccccc4)C12COC(C)=O)C3OC(=O)c1ccccc1. The fourth-order valence-electron chi connectivity index (χ4n) is 7.96. The number of rotatable bonds is 8. The molecule has 3 aliphatic rings. The zero-order valence-corrected chi connectivity index (χ0v) is 25.7. The molecule has 1 aliphatic heterocycles. The number of esters is 4. The van der Waals surface area contributed by atoms with Crippen LogP contribution in [0.2, 0.25) is 0 Å². The molecule has 1 heterocycles. The number of aliphatic hydroxyl groups excluding tert-OH is 1. The van der Waals surface area contributed by atoms with Crippen molar-refractivity contribution in [1.29, 1.82) is 0 Å². The third-order valence-electron chi connectivity index (χ3n) is 9.82. The van der Waals surface area contributed by atoms with E-state index in [1.165, 1.54) is 13.8 Å². The van der Waals surface area contributed by atoms with E-state index in [2.05, 4.69) is 0 Å². The predicted molar refractivity (Wildman–Crippen MR) is 156 cm³/mol. The molecule has 236 valence electrons. The Morgan fingerprint density at radius 2 is 1.39 bits per heavy atom. The van der Waals surface area contributed by atoms with E-state index in [1.807, 2.05) is 20.8 Å². The first-order chi connectivity index (χ1) is 20.8. The van der Waals surface area contributed by atoms with Crippen molar-refractivity contribution in [2.24, 2.45) is 23.2 Å². The third kappa shape index (κ3) is 5.28. The maximum atomic E-state index is 13.6. The Bertz CT molecular complexity index is 1390. The van der Waals surface area contributed by atoms with Gasteiger partial charge >= 0.3 is 23.9 Å². The van der Waals surface area contributed by atoms with E-state index in [9.17, 15) is 24.3 Å². The minimum absolute atomic E-state index is 0.164. The molecule has 2 aromatic rings. The quantitative estimate of drug-likeness (QED) is 0.344. The first-order valence-electron chi connectivity index (χ1n) is 15.0. The molecule has 1 N–H and O–H groups in total. The second kappa shape index (κ2) is 12.0. The van der Waals surface area contributed by atoms with Crippen molar-refractivity contribution >= 4 is 23.9 Å². The van der Waals surface area contributed by atoms with E-state index in [0.29, 0.717) is 11.1 Å². The number of carbonyl (C=O) groups is 4. The Balaban J connectivity index is 1.71. The lowest BCUT2D eigenvalue weighted by Gasteiger charge is -2.64. The van der Waals surface area contributed by atoms with Crippen molar-refractivity contribution in [3.63, 3.8) is 0 Å². The molecule has 1 saturated heterocycles. The summed E-state index contributed by atoms with van der Waals surface area (Å²) in [6.07, 6.45) is -2.55. The average molecular weight is 609 g/mol. The van der Waals surface area contributed by atoms with Crippen molar-refractivity contribution in [2.75, 3.05) is 13.2 Å². The van der Waals surface area contributed by atoms with E-state index in [-0.39, 0.29) is 26.1 Å². The van der Waals surface area contributed by atoms with Gasteiger partial charge in [-0.15, -0.1) is 0 Å². The van der Waals surface area contributed by atoms with Gasteiger partial charge in [0.25, 0.3) is 0 Å². The van der Waals surface area contributed by atoms with E-state index >= 15 is 0 Å². The van der Waals surface area contributed by atoms with Gasteiger partial charge in [0, 0.05) is 25.7 Å². The number of hydrogen-bond acceptors (Lipinski definition) is 10. The molecular weight excluding hydrogens is 568 g/mol. The van der Waals surface area contributed by atoms with Gasteiger partial charge in [0.05, 0.1) is 34.9 Å². The molecule has 2 bridgehead atoms. The fraction of sp³-hybridized carbons (Fsp3) is 0.529. The highest BCUT2D eigenvalue weighted by atomic mass is 16.6. The van der Waals surface area contributed by atoms with Crippen molar-refractivity contribution in [2.45, 2.75) is 77.0 Å². The van der Waals surface area contributed by atoms with Crippen LogP contribution >= 0.6 is 0 Å². The Labute approximate surface area is 257 Å². The van der Waals surface area contributed by atoms with Crippen LogP contribution in [-0.2, 0) is 33.3 Å². The standard InChI is InChI=1S/C34H40O10/c1-20-16-27(37)26(18-40-21(2)35)33(19-41-22(3)36)28(42-30(38)23-12-8-6-9-13-23)17-25-29(34(20,33)44-32(25,4)5)43-31(39)24-14-10-7-11-15-24/h6-15,20,25-29,37H,16-19H2,1-5H3. The lowest BCUT2D eigenvalue weighted by molar-refractivity contribution is -0.306. The monoisotopic (exact) mass is 608 g/mol. The van der Waals surface area contributed by atoms with Gasteiger partial charge in [-0.25, -0.2) is 9.59 Å². The minimum Gasteiger partial charge on any atom is -0.465 e. The molecular formula is C34H40O10. The van der Waals surface area contributed by atoms with E-state index in [0.717, 1.165) is 0 Å². The molecule has 0 amide bonds. The number of benzene rings is 2. The summed E-state index contributed by atoms with van der Waals surface area (Å²) in [5.41, 5.74) is -3.12. The number of fused-ring (bicyclic) bond motifs is 1. The second-order valence-corrected chi connectivity index (χ2v) is 12.7. The van der Waals surface area contributed by atoms with Crippen LogP contribution in [0.5, 0.6) is 0 Å². The van der Waals surface area contributed by atoms with Crippen LogP contribution in [0.25, 0.3) is 0 Å². The zero-order chi connectivity index (χ0) is 31.9. The van der Waals surface area contributed by atoms with Gasteiger partial charge in [-0.2, -0.15) is 0 Å². The Hall–Kier alpha value is -3.76. The lowest BCUT2D eigenvalue weighted by atomic mass is 9.45. The molecule has 8 unspecified atom stereocenters. The fourth-order valence-corrected chi connectivity index (χ4v) is 7.96. The lowest BCUT2D eigenvalue weighted by Crippen LogP contribution is -2.76. The molecule has 0 aromatic heterocycles. The zero-order valence-electron chi connectivity index (χ0n) is 25.7. The molecule has 5 rings (SSSR count). The molecule has 3 fully saturated rings. The van der Waals surface area contributed by atoms with Crippen LogP contribution in [0, 0.1) is 23.2 Å². The normalized spacial score (nSPS) is 33.4. The van der Waals surface area contributed by atoms with Crippen LogP contribution in [0.3, 0.4) is 0 Å². The summed E-state index contributed by atoms with van der Waals surface area (Å²) in [4.78, 5) is 51.8. The highest BCUT2D eigenvalue weighted by Crippen LogP contribution is 2.69. The molecule has 0 radical (unpaired) electrons. The average Bonchev–Trinajstić information content (AvgIpc) is 3.15. The molecule has 8 atom stereocenters. The highest BCUT2D eigenvalue weighted by Gasteiger charge is 2.81. The Kier molecular flexibility index (Phi) is 8.61. The van der Waals surface area contributed by atoms with E-state index in [4.69, 9.17) is 23.7 Å². The molecule has 1 spiro atoms. The van der Waals surface area contributed by atoms with Crippen LogP contribution in [0.4, 0.5) is 0 Å². The van der Waals surface area contributed by atoms with Crippen molar-refractivity contribution in [3.8, 4) is 0 Å². The van der Waals surface area contributed by atoms with Crippen molar-refractivity contribution in [3.05, 3.63) is 71.8 Å². The van der Waals surface area contributed by atoms with Crippen molar-refractivity contribution < 1.29 is 48.0 Å². The summed E-state index contributed by atoms with van der Waals surface area (Å²) in [7, 11) is 0. The Morgan fingerprint density at radius 3 is 1.93 bits per heavy atom. The summed E-state index contributed by atoms with van der Waals surface area (Å²) in [5.74, 6) is -4.17. The molecule has 2 saturated carbocycles. The summed E-state index contributed by atoms with van der Waals surface area (Å²) in [6, 6.07) is 17.1. The van der Waals surface area contributed by atoms with Crippen molar-refractivity contribution in [1.82, 2.24) is 0 Å². The summed E-state index contributed by atoms with van der Waals surface area (Å²) >= 11 is 0. The number of aliphatic hydroxyl groups is 1. The molecule has 2 aromatic carbocycles. The minimum atomic E-state index is -1.48. The number of carbonyl (C=O) groups excluding carboxylic acids is 4. The van der Waals surface area contributed by atoms with Gasteiger partial charge in [-0.05, 0) is 56.9 Å². The molecule has 44 heavy (non-hydrogen) atoms. The second-order valence-electron chi connectivity index (χ2n) is 12.7. The summed E-state index contributed by atoms with van der Waals surface area (Å²) in [6.45, 7) is 7.59. The smallest absolute Gasteiger partial charge is 0.338 e. The van der Waals surface area contributed by atoms with Crippen LogP contribution in [0.15, 0.2) is 60.7 Å². The van der Waals surface area contributed by atoms with Crippen LogP contribution < -0.4 is 0 Å². The highest BCUT2D eigenvalue weighted by molar-refractivity contribution is 5.90. The van der Waals surface area contributed by atoms with E-state index < -0.39 is 76.6 Å². The summed E-state index contributed by atoms with van der Waals surface area (Å²) in [5, 5.41) is 11.7. The first kappa shape index (κ1) is 31.7. The van der Waals surface area contributed by atoms with Gasteiger partial charge in [0.1, 0.15) is 24.4 Å². The maximum absolute atomic E-state index is 13.6. The number of ether oxygens (including phenoxy) is 5. The third-order valence-corrected chi connectivity index (χ3v) is 9.82. The first-order valence-corrected chi connectivity index (χ1v) is 15.0. The Morgan fingerprint density at radius 1 is 0.841 bits per heavy atom. The van der Waals surface area contributed by atoms with Crippen LogP contribution in [0.1, 0.15) is 68.2 Å². The topological polar surface area (TPSA) is 135 Å². The number of hydrogen-bond donors (Lipinski definition) is 1. The van der Waals surface area contributed by atoms with Gasteiger partial charge < -0.3 is 28.8 Å². The van der Waals surface area contributed by atoms with Gasteiger partial charge in [0.15, 0.2) is 0 Å². The summed E-state index contributed by atoms with van der Waals surface area (Å²) < 4.78 is 31.0. The molecule has 2 aliphatic carbocycles. The van der Waals surface area contributed by atoms with Gasteiger partial charge in [-0.1, -0.05) is 43.3 Å². The molecule has 10 heteroatoms.